The van der Waals surface area contributed by atoms with Gasteiger partial charge in [0.2, 0.25) is 76.6 Å². The van der Waals surface area contributed by atoms with Crippen LogP contribution in [0, 0.1) is 106 Å². The molecule has 6 saturated heterocycles. The average molecular weight is 1850 g/mol. The van der Waals surface area contributed by atoms with Gasteiger partial charge in [-0.1, -0.05) is 13.8 Å². The predicted octanol–water partition coefficient (Wildman–Crippen LogP) is -1.60. The molecule has 39 nitrogen and oxygen atoms in total. The van der Waals surface area contributed by atoms with Crippen LogP contribution in [0.15, 0.2) is 55.0 Å². The van der Waals surface area contributed by atoms with Crippen LogP contribution in [-0.2, 0) is 81.4 Å². The molecule has 12 rings (SSSR count). The fraction of sp³-hybridized carbons (Fsp3) is 0.468. The van der Waals surface area contributed by atoms with Gasteiger partial charge in [0.1, 0.15) is 47.5 Å². The summed E-state index contributed by atoms with van der Waals surface area (Å²) in [5, 5.41) is 87.5. The fourth-order valence-corrected chi connectivity index (χ4v) is 14.3. The minimum Gasteiger partial charge on any atom is -0.505 e. The van der Waals surface area contributed by atoms with Gasteiger partial charge in [0.25, 0.3) is 41.5 Å². The smallest absolute Gasteiger partial charge is 0.312 e. The van der Waals surface area contributed by atoms with Crippen molar-refractivity contribution in [1.82, 2.24) is 88.0 Å². The maximum absolute atomic E-state index is 14.6. The van der Waals surface area contributed by atoms with E-state index < -0.39 is 338 Å². The lowest BCUT2D eigenvalue weighted by molar-refractivity contribution is -0.178. The topological polar surface area (TPSA) is 564 Å². The number of esters is 1. The number of aliphatic hydroxyl groups excluding tert-OH is 3. The first-order valence-electron chi connectivity index (χ1n) is 39.6. The summed E-state index contributed by atoms with van der Waals surface area (Å²) in [6.07, 6.45) is -6.70. The van der Waals surface area contributed by atoms with Crippen LogP contribution in [0.4, 0.5) is 52.7 Å². The zero-order valence-corrected chi connectivity index (χ0v) is 69.1. The van der Waals surface area contributed by atoms with Crippen molar-refractivity contribution in [3.8, 4) is 17.2 Å². The molecule has 0 aliphatic carbocycles. The molecule has 6 aromatic rings. The number of likely N-dealkylation sites (N-methyl/N-ethyl adjacent to an activating group) is 1. The number of aromatic hydroxyl groups is 3. The Hall–Kier alpha value is -13.1. The quantitative estimate of drug-likeness (QED) is 0.0313. The van der Waals surface area contributed by atoms with Crippen LogP contribution in [0.2, 0.25) is 0 Å². The van der Waals surface area contributed by atoms with E-state index in [4.69, 9.17) is 18.9 Å². The maximum atomic E-state index is 14.6. The number of nitrogens with one attached hydrogen (secondary N) is 10. The summed E-state index contributed by atoms with van der Waals surface area (Å²) >= 11 is 0. The van der Waals surface area contributed by atoms with E-state index in [0.29, 0.717) is 0 Å². The van der Waals surface area contributed by atoms with E-state index in [9.17, 15) is 141 Å². The van der Waals surface area contributed by atoms with Crippen LogP contribution in [0.3, 0.4) is 0 Å². The SMILES string of the molecule is C[C@H]1NC(=O)C(C2COC2)N(C)C(=O)[C@H](C)[C@H](O)[C@H](Cc2c(F)nc(F)c(F)c2F)NC(=O)[C@H]1NC(=O)c1ncccc1O.C[C@H]1NC(=O)C(C2COC2)NC(=O)[C@H](C)[C@H](O)[C@H](Cc2c(F)nc(F)c(F)c2F)NC(=O)[C@H]1NC(=O)c1ncccc1O.C[C@H]1NC(=O)C(C2COC2)OC(=O)[C@H](C)[C@H](O)[C@H](Cc2c(F)nc(F)c(F)c2F)NC(=O)[C@H]1NC(=O)c1ncccc1O. The number of aromatic nitrogens is 6. The number of halogens is 12. The monoisotopic (exact) mass is 1850 g/mol. The van der Waals surface area contributed by atoms with Crippen molar-refractivity contribution in [2.75, 3.05) is 46.7 Å². The number of pyridine rings is 6. The third kappa shape index (κ3) is 22.4. The molecule has 51 heteroatoms. The number of cyclic esters (lactones) is 1. The molecule has 12 heterocycles. The van der Waals surface area contributed by atoms with Gasteiger partial charge >= 0.3 is 5.97 Å². The Morgan fingerprint density at radius 1 is 0.400 bits per heavy atom. The second-order valence-corrected chi connectivity index (χ2v) is 31.2. The van der Waals surface area contributed by atoms with E-state index in [2.05, 4.69) is 83.1 Å². The molecule has 0 aromatic carbocycles. The molecular weight excluding hydrogens is 1770 g/mol. The summed E-state index contributed by atoms with van der Waals surface area (Å²) in [5.41, 5.74) is -4.84. The number of hydrogen-bond acceptors (Lipinski definition) is 28. The van der Waals surface area contributed by atoms with Gasteiger partial charge in [-0.25, -0.2) is 28.1 Å². The molecule has 11 amide bonds. The molecule has 0 radical (unpaired) electrons. The molecule has 0 bridgehead atoms. The van der Waals surface area contributed by atoms with Crippen LogP contribution in [0.5, 0.6) is 17.2 Å². The molecule has 6 aliphatic heterocycles. The lowest BCUT2D eigenvalue weighted by Gasteiger charge is -2.41. The zero-order chi connectivity index (χ0) is 95.6. The Kier molecular flexibility index (Phi) is 32.3. The molecule has 0 spiro atoms. The number of carbonyl (C=O) groups excluding carboxylic acids is 12. The van der Waals surface area contributed by atoms with E-state index in [1.54, 1.807) is 0 Å². The number of hydrogen-bond donors (Lipinski definition) is 16. The number of amides is 11. The maximum Gasteiger partial charge on any atom is 0.312 e. The Morgan fingerprint density at radius 3 is 1.05 bits per heavy atom. The first-order chi connectivity index (χ1) is 61.3. The Labute approximate surface area is 726 Å². The predicted molar refractivity (Wildman–Crippen MR) is 410 cm³/mol. The molecule has 6 aromatic heterocycles. The Bertz CT molecular complexity index is 5120. The van der Waals surface area contributed by atoms with Gasteiger partial charge in [0, 0.05) is 73.4 Å². The Morgan fingerprint density at radius 2 is 0.723 bits per heavy atom. The zero-order valence-electron chi connectivity index (χ0n) is 69.1. The van der Waals surface area contributed by atoms with Crippen molar-refractivity contribution < 1.29 is 160 Å². The molecule has 18 atom stereocenters. The summed E-state index contributed by atoms with van der Waals surface area (Å²) in [6.45, 7) is 8.09. The largest absolute Gasteiger partial charge is 0.505 e. The molecule has 6 aliphatic rings. The van der Waals surface area contributed by atoms with Crippen LogP contribution in [0.25, 0.3) is 0 Å². The molecule has 3 unspecified atom stereocenters. The fourth-order valence-electron chi connectivity index (χ4n) is 14.3. The lowest BCUT2D eigenvalue weighted by Crippen LogP contribution is -2.65. The highest BCUT2D eigenvalue weighted by molar-refractivity contribution is 6.01. The summed E-state index contributed by atoms with van der Waals surface area (Å²) in [4.78, 5) is 179. The van der Waals surface area contributed by atoms with Gasteiger partial charge < -0.3 is 108 Å². The van der Waals surface area contributed by atoms with Gasteiger partial charge in [-0.3, -0.25) is 57.5 Å². The van der Waals surface area contributed by atoms with E-state index >= 15 is 0 Å². The number of nitrogens with zero attached hydrogens (tertiary/aromatic N) is 7. The van der Waals surface area contributed by atoms with E-state index in [1.165, 1.54) is 84.5 Å². The third-order valence-corrected chi connectivity index (χ3v) is 22.2. The number of carbonyl (C=O) groups is 12. The van der Waals surface area contributed by atoms with Gasteiger partial charge in [0.05, 0.1) is 118 Å². The summed E-state index contributed by atoms with van der Waals surface area (Å²) in [6, 6.07) is -8.80. The molecule has 130 heavy (non-hydrogen) atoms. The minimum atomic E-state index is -2.11. The van der Waals surface area contributed by atoms with Crippen LogP contribution >= 0.6 is 0 Å². The molecule has 702 valence electrons. The van der Waals surface area contributed by atoms with Gasteiger partial charge in [-0.15, -0.1) is 0 Å². The van der Waals surface area contributed by atoms with Gasteiger partial charge in [0.15, 0.2) is 40.6 Å². The second kappa shape index (κ2) is 42.4. The highest BCUT2D eigenvalue weighted by atomic mass is 19.2. The number of aliphatic hydroxyl groups is 3. The van der Waals surface area contributed by atoms with Crippen LogP contribution < -0.4 is 53.2 Å². The average Bonchev–Trinajstić information content (AvgIpc) is 0.787. The van der Waals surface area contributed by atoms with E-state index in [-0.39, 0.29) is 39.6 Å². The van der Waals surface area contributed by atoms with Crippen molar-refractivity contribution in [1.29, 1.82) is 0 Å². The normalized spacial score (nSPS) is 27.1. The lowest BCUT2D eigenvalue weighted by atomic mass is 9.89. The summed E-state index contributed by atoms with van der Waals surface area (Å²) in [5.74, 6) is -42.8. The molecule has 16 N–H and O–H groups in total. The summed E-state index contributed by atoms with van der Waals surface area (Å²) < 4.78 is 190. The highest BCUT2D eigenvalue weighted by Crippen LogP contribution is 2.31. The van der Waals surface area contributed by atoms with E-state index in [0.717, 1.165) is 24.0 Å². The second-order valence-electron chi connectivity index (χ2n) is 31.2. The molecule has 6 fully saturated rings. The van der Waals surface area contributed by atoms with Gasteiger partial charge in [-0.05, 0) is 64.1 Å². The highest BCUT2D eigenvalue weighted by Gasteiger charge is 2.49. The van der Waals surface area contributed by atoms with Crippen molar-refractivity contribution in [3.63, 3.8) is 0 Å². The van der Waals surface area contributed by atoms with Crippen molar-refractivity contribution in [3.05, 3.63) is 159 Å². The molecular formula is C79H85F12N17O22. The van der Waals surface area contributed by atoms with Crippen molar-refractivity contribution in [2.45, 2.75) is 152 Å². The number of rotatable bonds is 15. The Balaban J connectivity index is 0.000000203. The van der Waals surface area contributed by atoms with Crippen LogP contribution in [0.1, 0.15) is 89.7 Å². The van der Waals surface area contributed by atoms with Gasteiger partial charge in [-0.2, -0.15) is 54.5 Å². The molecule has 0 saturated carbocycles. The minimum absolute atomic E-state index is 0.0423. The number of ether oxygens (including phenoxy) is 4. The van der Waals surface area contributed by atoms with Crippen molar-refractivity contribution >= 4 is 70.9 Å². The summed E-state index contributed by atoms with van der Waals surface area (Å²) in [7, 11) is 1.31. The first-order valence-corrected chi connectivity index (χ1v) is 39.6. The first kappa shape index (κ1) is 99.0. The van der Waals surface area contributed by atoms with Crippen LogP contribution in [-0.4, -0.2) is 274 Å². The van der Waals surface area contributed by atoms with E-state index in [1.807, 2.05) is 0 Å². The third-order valence-electron chi connectivity index (χ3n) is 22.2. The standard InChI is InChI=1S/C27H30F4N6O7.C26H28F4N6O7.C26H27F4N5O8/c1-10-21(39)14(7-13-16(28)17(29)23(31)36-22(13)30)34-24(40)18(35-25(41)19-15(38)5-4-6-32-19)11(2)33-26(42)20(12-8-44-9-12)37(3)27(10)43;1-9-20(38)13(6-12-15(27)16(28)22(30)36-21(12)29)33-24(40)17(34-26(42)19-14(37)4-3-5-31-19)10(2)32-25(41)18(35-23(9)39)11-7-43-8-11;1-9-19(37)13(6-12-15(27)16(28)22(30)35-21(12)29)33-23(38)17(34-24(39)18-14(36)4-3-5-31-18)10(2)32-25(40)20(43-26(9)41)11-7-42-8-11/h4-6,10-12,14,18,20-21,38-39H,7-9H2,1-3H3,(H,33,42)(H,34,40)(H,35,41);3-5,9-11,13,17-18,20,37-38H,6-8H2,1-2H3,(H,32,41)(H,33,40)(H,34,42)(H,35,39);3-5,9-11,13,17,19-20,36-37H,6-8H2,1-2H3,(H,32,40)(H,33,38)(H,34,39)/t10-,11-,14+,18+,20?,21+;9-,10-,13+,17+,18?,20+;9-,10-,13+,17+,19+,20?/m111/s1. The van der Waals surface area contributed by atoms with Crippen molar-refractivity contribution in [2.24, 2.45) is 35.5 Å².